The quantitative estimate of drug-likeness (QED) is 0.439. The standard InChI is InChI=1S/C12H11NO3/c1-8-2-4-9(5-3-8)13-6-11(15)10(7-14)12(13)16/h2-5,7,14H,6H2,1H3/b10-7-. The van der Waals surface area contributed by atoms with E-state index in [1.165, 1.54) is 4.90 Å². The Kier molecular flexibility index (Phi) is 2.48. The van der Waals surface area contributed by atoms with Gasteiger partial charge in [0, 0.05) is 5.69 Å². The van der Waals surface area contributed by atoms with Gasteiger partial charge < -0.3 is 10.0 Å². The largest absolute Gasteiger partial charge is 0.515 e. The molecule has 0 saturated carbocycles. The number of Topliss-reactive ketones (excluding diaryl/α,β-unsaturated/α-hetero) is 1. The summed E-state index contributed by atoms with van der Waals surface area (Å²) in [5, 5.41) is 8.79. The molecule has 1 aliphatic heterocycles. The van der Waals surface area contributed by atoms with Crippen LogP contribution in [0.2, 0.25) is 0 Å². The summed E-state index contributed by atoms with van der Waals surface area (Å²) in [4.78, 5) is 24.4. The minimum Gasteiger partial charge on any atom is -0.515 e. The van der Waals surface area contributed by atoms with E-state index in [9.17, 15) is 9.59 Å². The van der Waals surface area contributed by atoms with Crippen molar-refractivity contribution in [3.05, 3.63) is 41.7 Å². The number of hydrogen-bond donors (Lipinski definition) is 1. The number of anilines is 1. The molecule has 0 atom stereocenters. The first-order chi connectivity index (χ1) is 7.63. The highest BCUT2D eigenvalue weighted by molar-refractivity contribution is 6.31. The Morgan fingerprint density at radius 2 is 1.88 bits per heavy atom. The highest BCUT2D eigenvalue weighted by Gasteiger charge is 2.34. The smallest absolute Gasteiger partial charge is 0.265 e. The molecule has 4 nitrogen and oxygen atoms in total. The lowest BCUT2D eigenvalue weighted by molar-refractivity contribution is -0.116. The zero-order valence-corrected chi connectivity index (χ0v) is 8.80. The molecule has 1 heterocycles. The van der Waals surface area contributed by atoms with Crippen LogP contribution in [-0.4, -0.2) is 23.3 Å². The first-order valence-electron chi connectivity index (χ1n) is 4.89. The van der Waals surface area contributed by atoms with Crippen LogP contribution in [0.5, 0.6) is 0 Å². The van der Waals surface area contributed by atoms with Crippen molar-refractivity contribution >= 4 is 17.4 Å². The zero-order valence-electron chi connectivity index (χ0n) is 8.80. The SMILES string of the molecule is Cc1ccc(N2CC(=O)/C(=C/O)C2=O)cc1. The van der Waals surface area contributed by atoms with Gasteiger partial charge in [-0.3, -0.25) is 9.59 Å². The van der Waals surface area contributed by atoms with E-state index in [2.05, 4.69) is 0 Å². The minimum absolute atomic E-state index is 0.00567. The Bertz CT molecular complexity index is 474. The molecule has 4 heteroatoms. The number of hydrogen-bond acceptors (Lipinski definition) is 3. The van der Waals surface area contributed by atoms with E-state index in [1.807, 2.05) is 19.1 Å². The van der Waals surface area contributed by atoms with E-state index in [-0.39, 0.29) is 17.9 Å². The molecule has 16 heavy (non-hydrogen) atoms. The molecule has 0 bridgehead atoms. The Morgan fingerprint density at radius 1 is 1.25 bits per heavy atom. The predicted octanol–water partition coefficient (Wildman–Crippen LogP) is 1.35. The number of rotatable bonds is 1. The lowest BCUT2D eigenvalue weighted by Gasteiger charge is -2.14. The molecule has 1 saturated heterocycles. The fourth-order valence-electron chi connectivity index (χ4n) is 1.63. The van der Waals surface area contributed by atoms with Crippen molar-refractivity contribution in [3.8, 4) is 0 Å². The fraction of sp³-hybridized carbons (Fsp3) is 0.167. The van der Waals surface area contributed by atoms with Crippen LogP contribution in [0, 0.1) is 6.92 Å². The van der Waals surface area contributed by atoms with Crippen molar-refractivity contribution in [2.24, 2.45) is 0 Å². The summed E-state index contributed by atoms with van der Waals surface area (Å²) in [6.45, 7) is 1.94. The number of carbonyl (C=O) groups is 2. The van der Waals surface area contributed by atoms with Gasteiger partial charge >= 0.3 is 0 Å². The molecular formula is C12H11NO3. The predicted molar refractivity (Wildman–Crippen MR) is 59.3 cm³/mol. The number of carbonyl (C=O) groups excluding carboxylic acids is 2. The number of ketones is 1. The van der Waals surface area contributed by atoms with Crippen LogP contribution in [0.1, 0.15) is 5.56 Å². The van der Waals surface area contributed by atoms with Gasteiger partial charge in [-0.1, -0.05) is 17.7 Å². The van der Waals surface area contributed by atoms with Gasteiger partial charge in [0.15, 0.2) is 5.78 Å². The van der Waals surface area contributed by atoms with Crippen molar-refractivity contribution in [3.63, 3.8) is 0 Å². The third kappa shape index (κ3) is 1.58. The Morgan fingerprint density at radius 3 is 2.38 bits per heavy atom. The van der Waals surface area contributed by atoms with Crippen molar-refractivity contribution in [1.82, 2.24) is 0 Å². The van der Waals surface area contributed by atoms with E-state index >= 15 is 0 Å². The van der Waals surface area contributed by atoms with Gasteiger partial charge in [-0.05, 0) is 19.1 Å². The van der Waals surface area contributed by atoms with Crippen LogP contribution in [0.15, 0.2) is 36.1 Å². The summed E-state index contributed by atoms with van der Waals surface area (Å²) in [5.74, 6) is -0.801. The minimum atomic E-state index is -0.448. The molecule has 1 fully saturated rings. The van der Waals surface area contributed by atoms with Gasteiger partial charge in [-0.15, -0.1) is 0 Å². The summed E-state index contributed by atoms with van der Waals surface area (Å²) in [7, 11) is 0. The maximum atomic E-state index is 11.7. The van der Waals surface area contributed by atoms with E-state index in [1.54, 1.807) is 12.1 Å². The number of nitrogens with zero attached hydrogens (tertiary/aromatic N) is 1. The lowest BCUT2D eigenvalue weighted by atomic mass is 10.2. The van der Waals surface area contributed by atoms with Gasteiger partial charge in [0.2, 0.25) is 0 Å². The highest BCUT2D eigenvalue weighted by Crippen LogP contribution is 2.22. The molecule has 0 spiro atoms. The molecule has 1 amide bonds. The molecule has 1 aromatic carbocycles. The van der Waals surface area contributed by atoms with E-state index in [0.29, 0.717) is 11.9 Å². The van der Waals surface area contributed by atoms with Crippen molar-refractivity contribution in [2.45, 2.75) is 6.92 Å². The zero-order chi connectivity index (χ0) is 11.7. The Hall–Kier alpha value is -2.10. The Balaban J connectivity index is 2.34. The second-order valence-corrected chi connectivity index (χ2v) is 3.69. The number of amides is 1. The third-order valence-electron chi connectivity index (χ3n) is 2.55. The second-order valence-electron chi connectivity index (χ2n) is 3.69. The van der Waals surface area contributed by atoms with Crippen LogP contribution in [0.4, 0.5) is 5.69 Å². The average Bonchev–Trinajstić information content (AvgIpc) is 2.55. The van der Waals surface area contributed by atoms with Crippen molar-refractivity contribution in [1.29, 1.82) is 0 Å². The summed E-state index contributed by atoms with van der Waals surface area (Å²) >= 11 is 0. The number of aliphatic hydroxyl groups excluding tert-OH is 1. The van der Waals surface area contributed by atoms with Crippen LogP contribution in [-0.2, 0) is 9.59 Å². The van der Waals surface area contributed by atoms with Crippen LogP contribution >= 0.6 is 0 Å². The number of aryl methyl sites for hydroxylation is 1. The maximum absolute atomic E-state index is 11.7. The summed E-state index contributed by atoms with van der Waals surface area (Å²) < 4.78 is 0. The van der Waals surface area contributed by atoms with Crippen LogP contribution in [0.25, 0.3) is 0 Å². The molecule has 1 aromatic rings. The van der Waals surface area contributed by atoms with Gasteiger partial charge in [0.1, 0.15) is 5.57 Å². The van der Waals surface area contributed by atoms with E-state index in [0.717, 1.165) is 5.56 Å². The summed E-state index contributed by atoms with van der Waals surface area (Å²) in [5.41, 5.74) is 1.60. The van der Waals surface area contributed by atoms with Crippen molar-refractivity contribution in [2.75, 3.05) is 11.4 Å². The molecule has 0 unspecified atom stereocenters. The fourth-order valence-corrected chi connectivity index (χ4v) is 1.63. The summed E-state index contributed by atoms with van der Waals surface area (Å²) in [6.07, 6.45) is 0.582. The van der Waals surface area contributed by atoms with Gasteiger partial charge in [-0.25, -0.2) is 0 Å². The Labute approximate surface area is 92.8 Å². The molecule has 1 aliphatic rings. The highest BCUT2D eigenvalue weighted by atomic mass is 16.2. The molecule has 82 valence electrons. The van der Waals surface area contributed by atoms with E-state index in [4.69, 9.17) is 5.11 Å². The van der Waals surface area contributed by atoms with Crippen molar-refractivity contribution < 1.29 is 14.7 Å². The molecule has 0 aliphatic carbocycles. The maximum Gasteiger partial charge on any atom is 0.265 e. The number of benzene rings is 1. The molecule has 0 radical (unpaired) electrons. The second kappa shape index (κ2) is 3.81. The van der Waals surface area contributed by atoms with Crippen LogP contribution in [0.3, 0.4) is 0 Å². The molecule has 0 aromatic heterocycles. The van der Waals surface area contributed by atoms with Gasteiger partial charge in [-0.2, -0.15) is 0 Å². The first-order valence-corrected chi connectivity index (χ1v) is 4.89. The van der Waals surface area contributed by atoms with Gasteiger partial charge in [0.05, 0.1) is 12.8 Å². The first kappa shape index (κ1) is 10.4. The van der Waals surface area contributed by atoms with Crippen LogP contribution < -0.4 is 4.90 Å². The third-order valence-corrected chi connectivity index (χ3v) is 2.55. The normalized spacial score (nSPS) is 18.6. The summed E-state index contributed by atoms with van der Waals surface area (Å²) in [6, 6.07) is 7.29. The topological polar surface area (TPSA) is 57.6 Å². The lowest BCUT2D eigenvalue weighted by Crippen LogP contribution is -2.24. The molecule has 1 N–H and O–H groups in total. The number of aliphatic hydroxyl groups is 1. The molecule has 2 rings (SSSR count). The monoisotopic (exact) mass is 217 g/mol. The van der Waals surface area contributed by atoms with E-state index < -0.39 is 5.91 Å². The van der Waals surface area contributed by atoms with Gasteiger partial charge in [0.25, 0.3) is 5.91 Å². The molecular weight excluding hydrogens is 206 g/mol. The average molecular weight is 217 g/mol.